The summed E-state index contributed by atoms with van der Waals surface area (Å²) in [6, 6.07) is 0.217. The highest BCUT2D eigenvalue weighted by Crippen LogP contribution is 2.20. The van der Waals surface area contributed by atoms with Crippen molar-refractivity contribution in [1.82, 2.24) is 19.9 Å². The van der Waals surface area contributed by atoms with E-state index in [1.807, 2.05) is 31.1 Å². The van der Waals surface area contributed by atoms with Crippen molar-refractivity contribution >= 4 is 22.8 Å². The van der Waals surface area contributed by atoms with Crippen molar-refractivity contribution in [3.63, 3.8) is 0 Å². The second-order valence-corrected chi connectivity index (χ2v) is 5.58. The Morgan fingerprint density at radius 2 is 2.14 bits per heavy atom. The summed E-state index contributed by atoms with van der Waals surface area (Å²) < 4.78 is 0. The number of aromatic nitrogens is 3. The Morgan fingerprint density at radius 3 is 2.86 bits per heavy atom. The Labute approximate surface area is 123 Å². The summed E-state index contributed by atoms with van der Waals surface area (Å²) in [6.45, 7) is 7.07. The van der Waals surface area contributed by atoms with Gasteiger partial charge in [-0.3, -0.25) is 9.78 Å². The number of likely N-dealkylation sites (tertiary alicyclic amines) is 1. The number of nitrogens with zero attached hydrogens (tertiary/aromatic N) is 4. The number of carbonyl (C=O) groups is 1. The van der Waals surface area contributed by atoms with E-state index < -0.39 is 0 Å². The molecule has 1 aliphatic heterocycles. The molecule has 0 unspecified atom stereocenters. The molecule has 0 saturated carbocycles. The van der Waals surface area contributed by atoms with E-state index in [4.69, 9.17) is 0 Å². The maximum atomic E-state index is 11.4. The normalized spacial score (nSPS) is 18.2. The van der Waals surface area contributed by atoms with Crippen molar-refractivity contribution in [3.8, 4) is 0 Å². The third-order valence-electron chi connectivity index (χ3n) is 3.97. The Bertz CT molecular complexity index is 700. The monoisotopic (exact) mass is 285 g/mol. The fraction of sp³-hybridized carbons (Fsp3) is 0.467. The zero-order valence-corrected chi connectivity index (χ0v) is 12.6. The van der Waals surface area contributed by atoms with Gasteiger partial charge in [-0.2, -0.15) is 0 Å². The first kappa shape index (κ1) is 13.7. The van der Waals surface area contributed by atoms with Gasteiger partial charge in [0.1, 0.15) is 0 Å². The molecule has 1 saturated heterocycles. The van der Waals surface area contributed by atoms with Crippen LogP contribution in [0.25, 0.3) is 10.9 Å². The number of carbonyl (C=O) groups excluding carboxylic acids is 1. The average molecular weight is 285 g/mol. The van der Waals surface area contributed by atoms with Crippen LogP contribution in [0.5, 0.6) is 0 Å². The lowest BCUT2D eigenvalue weighted by Gasteiger charge is -2.15. The SMILES string of the molecule is CC(=O)N1CC[C@H](Nc2ncc3c(C)ncc(C)c3n2)C1. The van der Waals surface area contributed by atoms with Gasteiger partial charge >= 0.3 is 0 Å². The lowest BCUT2D eigenvalue weighted by atomic mass is 10.2. The standard InChI is InChI=1S/C15H19N5O/c1-9-6-16-10(2)13-7-17-15(19-14(9)13)18-12-4-5-20(8-12)11(3)21/h6-7,12H,4-5,8H2,1-3H3,(H,17,18,19)/t12-/m0/s1. The minimum absolute atomic E-state index is 0.122. The summed E-state index contributed by atoms with van der Waals surface area (Å²) in [4.78, 5) is 26.5. The van der Waals surface area contributed by atoms with E-state index in [1.54, 1.807) is 6.92 Å². The van der Waals surface area contributed by atoms with Gasteiger partial charge in [-0.1, -0.05) is 0 Å². The first-order valence-electron chi connectivity index (χ1n) is 7.15. The summed E-state index contributed by atoms with van der Waals surface area (Å²) in [7, 11) is 0. The van der Waals surface area contributed by atoms with Crippen LogP contribution in [0.15, 0.2) is 12.4 Å². The molecule has 0 spiro atoms. The van der Waals surface area contributed by atoms with Crippen molar-refractivity contribution in [3.05, 3.63) is 23.7 Å². The molecule has 21 heavy (non-hydrogen) atoms. The lowest BCUT2D eigenvalue weighted by Crippen LogP contribution is -2.30. The van der Waals surface area contributed by atoms with Gasteiger partial charge in [0.05, 0.1) is 5.52 Å². The third kappa shape index (κ3) is 2.66. The Morgan fingerprint density at radius 1 is 1.33 bits per heavy atom. The minimum Gasteiger partial charge on any atom is -0.350 e. The zero-order chi connectivity index (χ0) is 15.0. The van der Waals surface area contributed by atoms with Crippen LogP contribution in [0.3, 0.4) is 0 Å². The summed E-state index contributed by atoms with van der Waals surface area (Å²) in [6.07, 6.45) is 4.58. The first-order valence-corrected chi connectivity index (χ1v) is 7.15. The number of hydrogen-bond acceptors (Lipinski definition) is 5. The number of aryl methyl sites for hydroxylation is 2. The predicted octanol–water partition coefficient (Wildman–Crippen LogP) is 1.67. The molecule has 0 aliphatic carbocycles. The highest BCUT2D eigenvalue weighted by Gasteiger charge is 2.24. The number of anilines is 1. The van der Waals surface area contributed by atoms with Gasteiger partial charge in [0.2, 0.25) is 11.9 Å². The van der Waals surface area contributed by atoms with E-state index >= 15 is 0 Å². The fourth-order valence-electron chi connectivity index (χ4n) is 2.69. The lowest BCUT2D eigenvalue weighted by molar-refractivity contribution is -0.127. The zero-order valence-electron chi connectivity index (χ0n) is 12.6. The second kappa shape index (κ2) is 5.27. The number of fused-ring (bicyclic) bond motifs is 1. The fourth-order valence-corrected chi connectivity index (χ4v) is 2.69. The maximum Gasteiger partial charge on any atom is 0.223 e. The molecule has 3 heterocycles. The summed E-state index contributed by atoms with van der Waals surface area (Å²) in [5.74, 6) is 0.739. The molecule has 110 valence electrons. The van der Waals surface area contributed by atoms with Gasteiger partial charge in [-0.25, -0.2) is 9.97 Å². The number of amides is 1. The molecular formula is C15H19N5O. The number of pyridine rings is 1. The second-order valence-electron chi connectivity index (χ2n) is 5.58. The minimum atomic E-state index is 0.122. The van der Waals surface area contributed by atoms with Crippen LogP contribution in [-0.4, -0.2) is 44.9 Å². The molecule has 3 rings (SSSR count). The molecule has 6 heteroatoms. The molecule has 2 aromatic heterocycles. The quantitative estimate of drug-likeness (QED) is 0.909. The van der Waals surface area contributed by atoms with Crippen LogP contribution in [0.4, 0.5) is 5.95 Å². The van der Waals surface area contributed by atoms with Crippen LogP contribution in [0, 0.1) is 13.8 Å². The average Bonchev–Trinajstić information content (AvgIpc) is 2.92. The molecule has 2 aromatic rings. The van der Waals surface area contributed by atoms with Crippen molar-refractivity contribution < 1.29 is 4.79 Å². The van der Waals surface area contributed by atoms with Gasteiger partial charge in [0.25, 0.3) is 0 Å². The van der Waals surface area contributed by atoms with Crippen LogP contribution >= 0.6 is 0 Å². The molecule has 0 bridgehead atoms. The van der Waals surface area contributed by atoms with Crippen molar-refractivity contribution in [1.29, 1.82) is 0 Å². The predicted molar refractivity (Wildman–Crippen MR) is 81.1 cm³/mol. The van der Waals surface area contributed by atoms with Crippen LogP contribution in [0.2, 0.25) is 0 Å². The van der Waals surface area contributed by atoms with E-state index in [0.717, 1.165) is 35.1 Å². The van der Waals surface area contributed by atoms with Crippen LogP contribution in [-0.2, 0) is 4.79 Å². The van der Waals surface area contributed by atoms with Gasteiger partial charge in [-0.15, -0.1) is 0 Å². The smallest absolute Gasteiger partial charge is 0.223 e. The summed E-state index contributed by atoms with van der Waals surface area (Å²) >= 11 is 0. The number of hydrogen-bond donors (Lipinski definition) is 1. The van der Waals surface area contributed by atoms with Crippen LogP contribution < -0.4 is 5.32 Å². The van der Waals surface area contributed by atoms with E-state index in [-0.39, 0.29) is 11.9 Å². The van der Waals surface area contributed by atoms with Crippen molar-refractivity contribution in [2.24, 2.45) is 0 Å². The van der Waals surface area contributed by atoms with E-state index in [1.165, 1.54) is 0 Å². The molecule has 1 fully saturated rings. The molecule has 1 aliphatic rings. The highest BCUT2D eigenvalue weighted by atomic mass is 16.2. The van der Waals surface area contributed by atoms with Crippen LogP contribution in [0.1, 0.15) is 24.6 Å². The van der Waals surface area contributed by atoms with Crippen molar-refractivity contribution in [2.45, 2.75) is 33.2 Å². The van der Waals surface area contributed by atoms with Gasteiger partial charge < -0.3 is 10.2 Å². The third-order valence-corrected chi connectivity index (χ3v) is 3.97. The Balaban J connectivity index is 1.82. The van der Waals surface area contributed by atoms with E-state index in [9.17, 15) is 4.79 Å². The van der Waals surface area contributed by atoms with Gasteiger partial charge in [0, 0.05) is 49.5 Å². The molecule has 6 nitrogen and oxygen atoms in total. The Kier molecular flexibility index (Phi) is 3.45. The molecular weight excluding hydrogens is 266 g/mol. The number of nitrogens with one attached hydrogen (secondary N) is 1. The Hall–Kier alpha value is -2.24. The highest BCUT2D eigenvalue weighted by molar-refractivity contribution is 5.83. The topological polar surface area (TPSA) is 71.0 Å². The molecule has 0 radical (unpaired) electrons. The van der Waals surface area contributed by atoms with Crippen molar-refractivity contribution in [2.75, 3.05) is 18.4 Å². The first-order chi connectivity index (χ1) is 10.0. The maximum absolute atomic E-state index is 11.4. The van der Waals surface area contributed by atoms with Gasteiger partial charge in [0.15, 0.2) is 0 Å². The largest absolute Gasteiger partial charge is 0.350 e. The van der Waals surface area contributed by atoms with E-state index in [0.29, 0.717) is 12.5 Å². The van der Waals surface area contributed by atoms with E-state index in [2.05, 4.69) is 20.3 Å². The number of rotatable bonds is 2. The molecule has 1 N–H and O–H groups in total. The van der Waals surface area contributed by atoms with Gasteiger partial charge in [-0.05, 0) is 25.8 Å². The molecule has 0 aromatic carbocycles. The summed E-state index contributed by atoms with van der Waals surface area (Å²) in [5.41, 5.74) is 2.91. The molecule has 1 atom stereocenters. The summed E-state index contributed by atoms with van der Waals surface area (Å²) in [5, 5.41) is 4.31. The molecule has 1 amide bonds.